The largest absolute Gasteiger partial charge is 0.326 e. The minimum Gasteiger partial charge on any atom is -0.326 e. The molecule has 1 N–H and O–H groups in total. The number of carbonyl (C=O) groups is 1. The van der Waals surface area contributed by atoms with Gasteiger partial charge in [0.25, 0.3) is 0 Å². The molecule has 0 aliphatic carbocycles. The molecule has 3 nitrogen and oxygen atoms in total. The highest BCUT2D eigenvalue weighted by atomic mass is 16.2. The molecule has 112 valence electrons. The van der Waals surface area contributed by atoms with Gasteiger partial charge in [0.1, 0.15) is 0 Å². The molecule has 0 saturated carbocycles. The SMILES string of the molecule is CC(C)CC1NC(C(C)C)C(=O)N1CCC(C)(C)C. The Hall–Kier alpha value is -0.570. The quantitative estimate of drug-likeness (QED) is 0.830. The summed E-state index contributed by atoms with van der Waals surface area (Å²) in [5, 5.41) is 3.53. The van der Waals surface area contributed by atoms with E-state index >= 15 is 0 Å². The summed E-state index contributed by atoms with van der Waals surface area (Å²) >= 11 is 0. The van der Waals surface area contributed by atoms with E-state index in [9.17, 15) is 4.79 Å². The molecule has 0 aromatic carbocycles. The van der Waals surface area contributed by atoms with Gasteiger partial charge in [0, 0.05) is 6.54 Å². The molecule has 1 heterocycles. The van der Waals surface area contributed by atoms with Gasteiger partial charge in [-0.05, 0) is 30.1 Å². The molecule has 2 atom stereocenters. The maximum atomic E-state index is 12.5. The highest BCUT2D eigenvalue weighted by Gasteiger charge is 2.40. The smallest absolute Gasteiger partial charge is 0.241 e. The lowest BCUT2D eigenvalue weighted by Crippen LogP contribution is -2.40. The van der Waals surface area contributed by atoms with Gasteiger partial charge >= 0.3 is 0 Å². The number of nitrogens with one attached hydrogen (secondary N) is 1. The van der Waals surface area contributed by atoms with E-state index in [4.69, 9.17) is 0 Å². The maximum absolute atomic E-state index is 12.5. The van der Waals surface area contributed by atoms with E-state index in [1.807, 2.05) is 0 Å². The van der Waals surface area contributed by atoms with E-state index < -0.39 is 0 Å². The van der Waals surface area contributed by atoms with Crippen molar-refractivity contribution in [3.63, 3.8) is 0 Å². The Morgan fingerprint density at radius 3 is 2.21 bits per heavy atom. The lowest BCUT2D eigenvalue weighted by Gasteiger charge is -2.28. The van der Waals surface area contributed by atoms with Crippen molar-refractivity contribution in [3.8, 4) is 0 Å². The second-order valence-electron chi connectivity index (χ2n) is 7.88. The fourth-order valence-corrected chi connectivity index (χ4v) is 2.54. The van der Waals surface area contributed by atoms with Gasteiger partial charge in [0.2, 0.25) is 5.91 Å². The van der Waals surface area contributed by atoms with Crippen LogP contribution in [-0.4, -0.2) is 29.6 Å². The third-order valence-corrected chi connectivity index (χ3v) is 3.76. The fourth-order valence-electron chi connectivity index (χ4n) is 2.54. The molecular formula is C16H32N2O. The molecule has 3 heteroatoms. The second-order valence-corrected chi connectivity index (χ2v) is 7.88. The molecule has 2 unspecified atom stereocenters. The summed E-state index contributed by atoms with van der Waals surface area (Å²) in [6, 6.07) is 0.00344. The van der Waals surface area contributed by atoms with Crippen molar-refractivity contribution in [3.05, 3.63) is 0 Å². The lowest BCUT2D eigenvalue weighted by molar-refractivity contribution is -0.131. The molecule has 1 aliphatic heterocycles. The lowest BCUT2D eigenvalue weighted by atomic mass is 9.92. The third kappa shape index (κ3) is 4.79. The van der Waals surface area contributed by atoms with Crippen LogP contribution in [0.4, 0.5) is 0 Å². The van der Waals surface area contributed by atoms with Gasteiger partial charge in [-0.3, -0.25) is 10.1 Å². The third-order valence-electron chi connectivity index (χ3n) is 3.76. The summed E-state index contributed by atoms with van der Waals surface area (Å²) < 4.78 is 0. The van der Waals surface area contributed by atoms with Crippen molar-refractivity contribution >= 4 is 5.91 Å². The summed E-state index contributed by atoms with van der Waals surface area (Å²) in [4.78, 5) is 14.6. The van der Waals surface area contributed by atoms with E-state index in [0.717, 1.165) is 19.4 Å². The van der Waals surface area contributed by atoms with Gasteiger partial charge in [-0.1, -0.05) is 48.5 Å². The van der Waals surface area contributed by atoms with Crippen LogP contribution in [0.1, 0.15) is 61.3 Å². The zero-order chi connectivity index (χ0) is 14.8. The van der Waals surface area contributed by atoms with E-state index in [0.29, 0.717) is 17.7 Å². The van der Waals surface area contributed by atoms with Gasteiger partial charge in [0.05, 0.1) is 12.2 Å². The van der Waals surface area contributed by atoms with Crippen molar-refractivity contribution in [2.24, 2.45) is 17.3 Å². The van der Waals surface area contributed by atoms with E-state index in [1.54, 1.807) is 0 Å². The van der Waals surface area contributed by atoms with Crippen molar-refractivity contribution in [1.29, 1.82) is 0 Å². The van der Waals surface area contributed by atoms with Crippen LogP contribution in [-0.2, 0) is 4.79 Å². The summed E-state index contributed by atoms with van der Waals surface area (Å²) in [5.41, 5.74) is 0.276. The average Bonchev–Trinajstić information content (AvgIpc) is 2.51. The van der Waals surface area contributed by atoms with Crippen LogP contribution in [0.15, 0.2) is 0 Å². The summed E-state index contributed by atoms with van der Waals surface area (Å²) in [6.45, 7) is 16.3. The molecule has 0 aromatic rings. The highest BCUT2D eigenvalue weighted by molar-refractivity contribution is 5.84. The minimum atomic E-state index is 0.00344. The number of carbonyl (C=O) groups excluding carboxylic acids is 1. The standard InChI is InChI=1S/C16H32N2O/c1-11(2)10-13-17-14(12(3)4)15(19)18(13)9-8-16(5,6)7/h11-14,17H,8-10H2,1-7H3. The Morgan fingerprint density at radius 1 is 1.21 bits per heavy atom. The maximum Gasteiger partial charge on any atom is 0.241 e. The predicted molar refractivity (Wildman–Crippen MR) is 80.8 cm³/mol. The number of rotatable bonds is 5. The first-order valence-corrected chi connectivity index (χ1v) is 7.68. The second kappa shape index (κ2) is 6.25. The number of nitrogens with zero attached hydrogens (tertiary/aromatic N) is 1. The summed E-state index contributed by atoms with van der Waals surface area (Å²) in [5.74, 6) is 1.26. The fraction of sp³-hybridized carbons (Fsp3) is 0.938. The molecule has 1 fully saturated rings. The first-order valence-electron chi connectivity index (χ1n) is 7.68. The van der Waals surface area contributed by atoms with Crippen LogP contribution >= 0.6 is 0 Å². The Bertz CT molecular complexity index is 304. The van der Waals surface area contributed by atoms with Gasteiger partial charge in [-0.2, -0.15) is 0 Å². The van der Waals surface area contributed by atoms with E-state index in [1.165, 1.54) is 0 Å². The van der Waals surface area contributed by atoms with Crippen molar-refractivity contribution in [1.82, 2.24) is 10.2 Å². The zero-order valence-electron chi connectivity index (χ0n) is 13.8. The van der Waals surface area contributed by atoms with Gasteiger partial charge in [-0.15, -0.1) is 0 Å². The number of hydrogen-bond acceptors (Lipinski definition) is 2. The Morgan fingerprint density at radius 2 is 1.79 bits per heavy atom. The summed E-state index contributed by atoms with van der Waals surface area (Å²) in [7, 11) is 0. The van der Waals surface area contributed by atoms with Gasteiger partial charge in [0.15, 0.2) is 0 Å². The van der Waals surface area contributed by atoms with E-state index in [-0.39, 0.29) is 17.6 Å². The summed E-state index contributed by atoms with van der Waals surface area (Å²) in [6.07, 6.45) is 2.32. The van der Waals surface area contributed by atoms with Crippen molar-refractivity contribution in [2.45, 2.75) is 73.5 Å². The predicted octanol–water partition coefficient (Wildman–Crippen LogP) is 3.25. The molecule has 0 radical (unpaired) electrons. The van der Waals surface area contributed by atoms with Crippen LogP contribution < -0.4 is 5.32 Å². The monoisotopic (exact) mass is 268 g/mol. The van der Waals surface area contributed by atoms with Crippen molar-refractivity contribution < 1.29 is 4.79 Å². The first kappa shape index (κ1) is 16.5. The molecule has 1 aliphatic rings. The zero-order valence-corrected chi connectivity index (χ0v) is 13.8. The van der Waals surface area contributed by atoms with Gasteiger partial charge < -0.3 is 4.90 Å². The molecule has 0 spiro atoms. The van der Waals surface area contributed by atoms with Gasteiger partial charge in [-0.25, -0.2) is 0 Å². The van der Waals surface area contributed by atoms with Crippen LogP contribution in [0.2, 0.25) is 0 Å². The average molecular weight is 268 g/mol. The van der Waals surface area contributed by atoms with Crippen molar-refractivity contribution in [2.75, 3.05) is 6.54 Å². The molecule has 1 rings (SSSR count). The number of hydrogen-bond donors (Lipinski definition) is 1. The topological polar surface area (TPSA) is 32.3 Å². The molecule has 19 heavy (non-hydrogen) atoms. The Balaban J connectivity index is 2.73. The minimum absolute atomic E-state index is 0.00344. The molecular weight excluding hydrogens is 236 g/mol. The Labute approximate surface area is 119 Å². The first-order chi connectivity index (χ1) is 8.61. The van der Waals surface area contributed by atoms with Crippen LogP contribution in [0.3, 0.4) is 0 Å². The molecule has 0 bridgehead atoms. The molecule has 1 saturated heterocycles. The number of amides is 1. The molecule has 1 amide bonds. The van der Waals surface area contributed by atoms with E-state index in [2.05, 4.69) is 58.7 Å². The Kier molecular flexibility index (Phi) is 5.43. The van der Waals surface area contributed by atoms with Crippen LogP contribution in [0.5, 0.6) is 0 Å². The van der Waals surface area contributed by atoms with Crippen LogP contribution in [0.25, 0.3) is 0 Å². The highest BCUT2D eigenvalue weighted by Crippen LogP contribution is 2.25. The van der Waals surface area contributed by atoms with Crippen LogP contribution in [0, 0.1) is 17.3 Å². The molecule has 0 aromatic heterocycles. The normalized spacial score (nSPS) is 24.9.